The van der Waals surface area contributed by atoms with Crippen LogP contribution in [-0.2, 0) is 13.5 Å². The van der Waals surface area contributed by atoms with Crippen LogP contribution in [0.5, 0.6) is 0 Å². The first-order valence-corrected chi connectivity index (χ1v) is 4.08. The molecule has 12 heavy (non-hydrogen) atoms. The Bertz CT molecular complexity index is 234. The molecular formula is C8H15N3O. The molecule has 0 aliphatic rings. The first-order chi connectivity index (χ1) is 5.72. The van der Waals surface area contributed by atoms with Crippen molar-refractivity contribution in [2.24, 2.45) is 12.8 Å². The Labute approximate surface area is 72.0 Å². The lowest BCUT2D eigenvalue weighted by molar-refractivity contribution is 0.173. The fourth-order valence-corrected chi connectivity index (χ4v) is 1.05. The van der Waals surface area contributed by atoms with Gasteiger partial charge in [0.25, 0.3) is 0 Å². The average molecular weight is 169 g/mol. The standard InChI is InChI=1S/C8H15N3O/c1-11-6-7(5-10-11)2-3-8(12)4-9/h5-6,8,12H,2-4,9H2,1H3. The summed E-state index contributed by atoms with van der Waals surface area (Å²) in [5, 5.41) is 13.2. The van der Waals surface area contributed by atoms with Crippen molar-refractivity contribution in [1.82, 2.24) is 9.78 Å². The molecule has 3 N–H and O–H groups in total. The van der Waals surface area contributed by atoms with Crippen LogP contribution in [0.3, 0.4) is 0 Å². The third-order valence-corrected chi connectivity index (χ3v) is 1.80. The zero-order valence-electron chi connectivity index (χ0n) is 7.27. The van der Waals surface area contributed by atoms with Gasteiger partial charge in [-0.3, -0.25) is 4.68 Å². The zero-order chi connectivity index (χ0) is 8.97. The van der Waals surface area contributed by atoms with Crippen LogP contribution in [-0.4, -0.2) is 27.5 Å². The van der Waals surface area contributed by atoms with Crippen molar-refractivity contribution in [3.8, 4) is 0 Å². The molecule has 1 unspecified atom stereocenters. The van der Waals surface area contributed by atoms with Gasteiger partial charge >= 0.3 is 0 Å². The van der Waals surface area contributed by atoms with E-state index < -0.39 is 0 Å². The van der Waals surface area contributed by atoms with E-state index in [2.05, 4.69) is 5.10 Å². The second-order valence-electron chi connectivity index (χ2n) is 2.95. The lowest BCUT2D eigenvalue weighted by Crippen LogP contribution is -2.19. The monoisotopic (exact) mass is 169 g/mol. The fourth-order valence-electron chi connectivity index (χ4n) is 1.05. The maximum Gasteiger partial charge on any atom is 0.0665 e. The van der Waals surface area contributed by atoms with Gasteiger partial charge in [-0.2, -0.15) is 5.10 Å². The molecule has 1 rings (SSSR count). The van der Waals surface area contributed by atoms with E-state index in [0.717, 1.165) is 12.0 Å². The highest BCUT2D eigenvalue weighted by atomic mass is 16.3. The normalized spacial score (nSPS) is 13.2. The van der Waals surface area contributed by atoms with Gasteiger partial charge in [0.1, 0.15) is 0 Å². The van der Waals surface area contributed by atoms with Gasteiger partial charge in [0.05, 0.1) is 12.3 Å². The third-order valence-electron chi connectivity index (χ3n) is 1.80. The number of nitrogens with zero attached hydrogens (tertiary/aromatic N) is 2. The molecule has 1 heterocycles. The highest BCUT2D eigenvalue weighted by Gasteiger charge is 2.02. The van der Waals surface area contributed by atoms with E-state index in [-0.39, 0.29) is 6.10 Å². The van der Waals surface area contributed by atoms with Crippen molar-refractivity contribution >= 4 is 0 Å². The molecule has 4 heteroatoms. The van der Waals surface area contributed by atoms with Crippen LogP contribution in [0.1, 0.15) is 12.0 Å². The summed E-state index contributed by atoms with van der Waals surface area (Å²) in [6.07, 6.45) is 4.92. The van der Waals surface area contributed by atoms with Gasteiger partial charge in [0, 0.05) is 19.8 Å². The SMILES string of the molecule is Cn1cc(CCC(O)CN)cn1. The lowest BCUT2D eigenvalue weighted by atomic mass is 10.1. The van der Waals surface area contributed by atoms with E-state index in [0.29, 0.717) is 13.0 Å². The topological polar surface area (TPSA) is 64.1 Å². The average Bonchev–Trinajstić information content (AvgIpc) is 2.47. The van der Waals surface area contributed by atoms with Gasteiger partial charge < -0.3 is 10.8 Å². The second kappa shape index (κ2) is 4.23. The molecule has 0 aromatic carbocycles. The highest BCUT2D eigenvalue weighted by molar-refractivity contribution is 5.03. The molecule has 0 radical (unpaired) electrons. The Morgan fingerprint density at radius 1 is 1.75 bits per heavy atom. The number of hydrogen-bond acceptors (Lipinski definition) is 3. The Hall–Kier alpha value is -0.870. The molecule has 4 nitrogen and oxygen atoms in total. The van der Waals surface area contributed by atoms with Crippen LogP contribution in [0.4, 0.5) is 0 Å². The molecule has 0 spiro atoms. The first kappa shape index (κ1) is 9.22. The predicted octanol–water partition coefficient (Wildman–Crippen LogP) is -0.328. The molecule has 0 saturated heterocycles. The van der Waals surface area contributed by atoms with Crippen LogP contribution < -0.4 is 5.73 Å². The maximum absolute atomic E-state index is 9.17. The summed E-state index contributed by atoms with van der Waals surface area (Å²) in [4.78, 5) is 0. The van der Waals surface area contributed by atoms with Crippen LogP contribution in [0.15, 0.2) is 12.4 Å². The third kappa shape index (κ3) is 2.64. The molecule has 1 aromatic heterocycles. The molecule has 0 amide bonds. The Kier molecular flexibility index (Phi) is 3.25. The van der Waals surface area contributed by atoms with Gasteiger partial charge in [0.15, 0.2) is 0 Å². The van der Waals surface area contributed by atoms with Gasteiger partial charge in [-0.05, 0) is 18.4 Å². The Morgan fingerprint density at radius 3 is 3.00 bits per heavy atom. The minimum atomic E-state index is -0.384. The predicted molar refractivity (Wildman–Crippen MR) is 46.6 cm³/mol. The van der Waals surface area contributed by atoms with Gasteiger partial charge in [-0.15, -0.1) is 0 Å². The van der Waals surface area contributed by atoms with E-state index in [1.165, 1.54) is 0 Å². The smallest absolute Gasteiger partial charge is 0.0665 e. The number of aliphatic hydroxyl groups is 1. The zero-order valence-corrected chi connectivity index (χ0v) is 7.27. The van der Waals surface area contributed by atoms with Crippen molar-refractivity contribution in [2.75, 3.05) is 6.54 Å². The van der Waals surface area contributed by atoms with E-state index in [9.17, 15) is 5.11 Å². The molecule has 0 aliphatic carbocycles. The van der Waals surface area contributed by atoms with Crippen molar-refractivity contribution in [3.05, 3.63) is 18.0 Å². The molecular weight excluding hydrogens is 154 g/mol. The van der Waals surface area contributed by atoms with E-state index in [1.54, 1.807) is 4.68 Å². The minimum absolute atomic E-state index is 0.334. The van der Waals surface area contributed by atoms with Crippen molar-refractivity contribution in [3.63, 3.8) is 0 Å². The van der Waals surface area contributed by atoms with E-state index in [4.69, 9.17) is 5.73 Å². The van der Waals surface area contributed by atoms with Crippen LogP contribution in [0.25, 0.3) is 0 Å². The summed E-state index contributed by atoms with van der Waals surface area (Å²) in [5.41, 5.74) is 6.41. The number of nitrogens with two attached hydrogens (primary N) is 1. The van der Waals surface area contributed by atoms with Gasteiger partial charge in [-0.25, -0.2) is 0 Å². The summed E-state index contributed by atoms with van der Waals surface area (Å²) in [6.45, 7) is 0.334. The Morgan fingerprint density at radius 2 is 2.50 bits per heavy atom. The number of hydrogen-bond donors (Lipinski definition) is 2. The Balaban J connectivity index is 2.33. The summed E-state index contributed by atoms with van der Waals surface area (Å²) < 4.78 is 1.75. The molecule has 0 fully saturated rings. The molecule has 0 saturated carbocycles. The summed E-state index contributed by atoms with van der Waals surface area (Å²) in [7, 11) is 1.88. The molecule has 1 aromatic rings. The summed E-state index contributed by atoms with van der Waals surface area (Å²) in [5.74, 6) is 0. The molecule has 0 aliphatic heterocycles. The quantitative estimate of drug-likeness (QED) is 0.649. The summed E-state index contributed by atoms with van der Waals surface area (Å²) >= 11 is 0. The first-order valence-electron chi connectivity index (χ1n) is 4.08. The van der Waals surface area contributed by atoms with Crippen LogP contribution in [0.2, 0.25) is 0 Å². The van der Waals surface area contributed by atoms with Crippen molar-refractivity contribution < 1.29 is 5.11 Å². The molecule has 68 valence electrons. The number of aryl methyl sites for hydroxylation is 2. The lowest BCUT2D eigenvalue weighted by Gasteiger charge is -2.04. The largest absolute Gasteiger partial charge is 0.392 e. The van der Waals surface area contributed by atoms with Gasteiger partial charge in [0.2, 0.25) is 0 Å². The number of aromatic nitrogens is 2. The number of rotatable bonds is 4. The van der Waals surface area contributed by atoms with E-state index in [1.807, 2.05) is 19.4 Å². The van der Waals surface area contributed by atoms with Crippen LogP contribution in [0, 0.1) is 0 Å². The van der Waals surface area contributed by atoms with E-state index >= 15 is 0 Å². The van der Waals surface area contributed by atoms with Gasteiger partial charge in [-0.1, -0.05) is 0 Å². The second-order valence-corrected chi connectivity index (χ2v) is 2.95. The van der Waals surface area contributed by atoms with Crippen molar-refractivity contribution in [1.29, 1.82) is 0 Å². The van der Waals surface area contributed by atoms with Crippen molar-refractivity contribution in [2.45, 2.75) is 18.9 Å². The summed E-state index contributed by atoms with van der Waals surface area (Å²) in [6, 6.07) is 0. The fraction of sp³-hybridized carbons (Fsp3) is 0.625. The highest BCUT2D eigenvalue weighted by Crippen LogP contribution is 2.02. The van der Waals surface area contributed by atoms with Crippen LogP contribution >= 0.6 is 0 Å². The number of aliphatic hydroxyl groups excluding tert-OH is 1. The molecule has 0 bridgehead atoms. The maximum atomic E-state index is 9.17. The molecule has 1 atom stereocenters. The minimum Gasteiger partial charge on any atom is -0.392 e.